The number of piperidine rings is 1. The van der Waals surface area contributed by atoms with Crippen molar-refractivity contribution >= 4 is 11.6 Å². The second kappa shape index (κ2) is 5.61. The molecule has 1 fully saturated rings. The monoisotopic (exact) mass is 261 g/mol. The number of rotatable bonds is 3. The predicted molar refractivity (Wildman–Crippen MR) is 78.3 cm³/mol. The summed E-state index contributed by atoms with van der Waals surface area (Å²) in [5.41, 5.74) is 14.1. The maximum absolute atomic E-state index is 11.6. The minimum atomic E-state index is -0.371. The smallest absolute Gasteiger partial charge is 0.250 e. The average Bonchev–Trinajstić information content (AvgIpc) is 2.38. The molecule has 0 aromatic heterocycles. The van der Waals surface area contributed by atoms with Crippen molar-refractivity contribution in [1.82, 2.24) is 0 Å². The summed E-state index contributed by atoms with van der Waals surface area (Å²) < 4.78 is 0. The van der Waals surface area contributed by atoms with Crippen LogP contribution in [0.15, 0.2) is 18.2 Å². The van der Waals surface area contributed by atoms with Crippen LogP contribution in [0.5, 0.6) is 0 Å². The molecule has 1 aromatic rings. The SMILES string of the molecule is Cc1ccc(C(N)=O)c(N2CCC(C)CC2CN)c1. The molecule has 0 spiro atoms. The summed E-state index contributed by atoms with van der Waals surface area (Å²) in [6.45, 7) is 5.83. The van der Waals surface area contributed by atoms with E-state index in [1.165, 1.54) is 0 Å². The van der Waals surface area contributed by atoms with Crippen LogP contribution in [-0.4, -0.2) is 25.0 Å². The van der Waals surface area contributed by atoms with E-state index >= 15 is 0 Å². The number of primary amides is 1. The molecular weight excluding hydrogens is 238 g/mol. The van der Waals surface area contributed by atoms with Gasteiger partial charge in [0.25, 0.3) is 5.91 Å². The fourth-order valence-corrected chi connectivity index (χ4v) is 2.88. The van der Waals surface area contributed by atoms with Crippen molar-refractivity contribution < 1.29 is 4.79 Å². The lowest BCUT2D eigenvalue weighted by Crippen LogP contribution is -2.47. The molecule has 1 aliphatic heterocycles. The summed E-state index contributed by atoms with van der Waals surface area (Å²) in [6.07, 6.45) is 2.20. The van der Waals surface area contributed by atoms with E-state index in [9.17, 15) is 4.79 Å². The van der Waals surface area contributed by atoms with Crippen LogP contribution in [0.2, 0.25) is 0 Å². The summed E-state index contributed by atoms with van der Waals surface area (Å²) >= 11 is 0. The van der Waals surface area contributed by atoms with Crippen LogP contribution in [0.25, 0.3) is 0 Å². The van der Waals surface area contributed by atoms with Gasteiger partial charge in [0.05, 0.1) is 11.3 Å². The second-order valence-electron chi connectivity index (χ2n) is 5.60. The number of nitrogens with two attached hydrogens (primary N) is 2. The van der Waals surface area contributed by atoms with Crippen molar-refractivity contribution in [2.45, 2.75) is 32.7 Å². The zero-order valence-corrected chi connectivity index (χ0v) is 11.7. The van der Waals surface area contributed by atoms with Gasteiger partial charge in [-0.05, 0) is 43.4 Å². The number of carbonyl (C=O) groups excluding carboxylic acids is 1. The van der Waals surface area contributed by atoms with Crippen molar-refractivity contribution in [1.29, 1.82) is 0 Å². The Morgan fingerprint density at radius 3 is 2.84 bits per heavy atom. The molecule has 104 valence electrons. The Morgan fingerprint density at radius 2 is 2.21 bits per heavy atom. The molecule has 2 unspecified atom stereocenters. The highest BCUT2D eigenvalue weighted by Crippen LogP contribution is 2.30. The maximum Gasteiger partial charge on any atom is 0.250 e. The minimum absolute atomic E-state index is 0.295. The van der Waals surface area contributed by atoms with Crippen LogP contribution in [0.3, 0.4) is 0 Å². The van der Waals surface area contributed by atoms with Crippen LogP contribution < -0.4 is 16.4 Å². The number of nitrogens with zero attached hydrogens (tertiary/aromatic N) is 1. The predicted octanol–water partition coefficient (Wildman–Crippen LogP) is 1.66. The second-order valence-corrected chi connectivity index (χ2v) is 5.60. The fraction of sp³-hybridized carbons (Fsp3) is 0.533. The van der Waals surface area contributed by atoms with Gasteiger partial charge in [0, 0.05) is 19.1 Å². The molecule has 2 atom stereocenters. The van der Waals surface area contributed by atoms with Crippen molar-refractivity contribution in [3.05, 3.63) is 29.3 Å². The number of benzene rings is 1. The normalized spacial score (nSPS) is 23.4. The molecule has 0 bridgehead atoms. The summed E-state index contributed by atoms with van der Waals surface area (Å²) in [4.78, 5) is 13.9. The average molecular weight is 261 g/mol. The molecule has 4 nitrogen and oxygen atoms in total. The molecule has 1 amide bonds. The number of anilines is 1. The molecule has 0 saturated carbocycles. The van der Waals surface area contributed by atoms with Crippen molar-refractivity contribution in [2.24, 2.45) is 17.4 Å². The lowest BCUT2D eigenvalue weighted by atomic mass is 9.91. The number of aryl methyl sites for hydroxylation is 1. The van der Waals surface area contributed by atoms with Gasteiger partial charge in [0.1, 0.15) is 0 Å². The zero-order chi connectivity index (χ0) is 14.0. The van der Waals surface area contributed by atoms with E-state index in [-0.39, 0.29) is 5.91 Å². The molecule has 2 rings (SSSR count). The first kappa shape index (κ1) is 13.9. The Morgan fingerprint density at radius 1 is 1.47 bits per heavy atom. The summed E-state index contributed by atoms with van der Waals surface area (Å²) in [7, 11) is 0. The quantitative estimate of drug-likeness (QED) is 0.869. The molecule has 19 heavy (non-hydrogen) atoms. The third kappa shape index (κ3) is 2.89. The first-order chi connectivity index (χ1) is 9.02. The number of amides is 1. The van der Waals surface area contributed by atoms with E-state index in [4.69, 9.17) is 11.5 Å². The fourth-order valence-electron chi connectivity index (χ4n) is 2.88. The summed E-state index contributed by atoms with van der Waals surface area (Å²) in [5.74, 6) is 0.316. The lowest BCUT2D eigenvalue weighted by Gasteiger charge is -2.40. The number of carbonyl (C=O) groups is 1. The Bertz CT molecular complexity index is 472. The Hall–Kier alpha value is -1.55. The van der Waals surface area contributed by atoms with Gasteiger partial charge < -0.3 is 16.4 Å². The maximum atomic E-state index is 11.6. The first-order valence-electron chi connectivity index (χ1n) is 6.90. The standard InChI is InChI=1S/C15H23N3O/c1-10-3-4-13(15(17)19)14(8-10)18-6-5-11(2)7-12(18)9-16/h3-4,8,11-12H,5-7,9,16H2,1-2H3,(H2,17,19). The van der Waals surface area contributed by atoms with E-state index < -0.39 is 0 Å². The van der Waals surface area contributed by atoms with Crippen molar-refractivity contribution in [3.63, 3.8) is 0 Å². The molecule has 1 saturated heterocycles. The van der Waals surface area contributed by atoms with E-state index in [1.54, 1.807) is 0 Å². The van der Waals surface area contributed by atoms with Crippen molar-refractivity contribution in [2.75, 3.05) is 18.0 Å². The molecule has 0 aliphatic carbocycles. The van der Waals surface area contributed by atoms with Crippen LogP contribution >= 0.6 is 0 Å². The largest absolute Gasteiger partial charge is 0.367 e. The van der Waals surface area contributed by atoms with Gasteiger partial charge in [-0.1, -0.05) is 13.0 Å². The van der Waals surface area contributed by atoms with Crippen LogP contribution in [0.1, 0.15) is 35.7 Å². The van der Waals surface area contributed by atoms with Gasteiger partial charge in [-0.2, -0.15) is 0 Å². The van der Waals surface area contributed by atoms with Gasteiger partial charge in [0.15, 0.2) is 0 Å². The van der Waals surface area contributed by atoms with E-state index in [1.807, 2.05) is 25.1 Å². The van der Waals surface area contributed by atoms with Crippen LogP contribution in [0.4, 0.5) is 5.69 Å². The lowest BCUT2D eigenvalue weighted by molar-refractivity contribution is 0.100. The molecule has 1 aliphatic rings. The molecule has 1 aromatic carbocycles. The Kier molecular flexibility index (Phi) is 4.10. The summed E-state index contributed by atoms with van der Waals surface area (Å²) in [5, 5.41) is 0. The third-order valence-electron chi connectivity index (χ3n) is 3.98. The van der Waals surface area contributed by atoms with Gasteiger partial charge >= 0.3 is 0 Å². The van der Waals surface area contributed by atoms with Gasteiger partial charge in [-0.25, -0.2) is 0 Å². The third-order valence-corrected chi connectivity index (χ3v) is 3.98. The first-order valence-corrected chi connectivity index (χ1v) is 6.90. The Balaban J connectivity index is 2.39. The topological polar surface area (TPSA) is 72.4 Å². The van der Waals surface area contributed by atoms with Crippen LogP contribution in [-0.2, 0) is 0 Å². The van der Waals surface area contributed by atoms with Gasteiger partial charge in [-0.3, -0.25) is 4.79 Å². The Labute approximate surface area is 114 Å². The van der Waals surface area contributed by atoms with Crippen LogP contribution in [0, 0.1) is 12.8 Å². The van der Waals surface area contributed by atoms with Gasteiger partial charge in [-0.15, -0.1) is 0 Å². The number of hydrogen-bond donors (Lipinski definition) is 2. The zero-order valence-electron chi connectivity index (χ0n) is 11.7. The van der Waals surface area contributed by atoms with E-state index in [2.05, 4.69) is 11.8 Å². The minimum Gasteiger partial charge on any atom is -0.367 e. The highest BCUT2D eigenvalue weighted by Gasteiger charge is 2.27. The molecule has 0 radical (unpaired) electrons. The highest BCUT2D eigenvalue weighted by atomic mass is 16.1. The van der Waals surface area contributed by atoms with Crippen molar-refractivity contribution in [3.8, 4) is 0 Å². The molecular formula is C15H23N3O. The summed E-state index contributed by atoms with van der Waals surface area (Å²) in [6, 6.07) is 6.08. The van der Waals surface area contributed by atoms with E-state index in [0.29, 0.717) is 24.1 Å². The molecule has 4 N–H and O–H groups in total. The molecule has 1 heterocycles. The van der Waals surface area contributed by atoms with E-state index in [0.717, 1.165) is 30.6 Å². The highest BCUT2D eigenvalue weighted by molar-refractivity contribution is 5.98. The van der Waals surface area contributed by atoms with Gasteiger partial charge in [0.2, 0.25) is 0 Å². The molecule has 4 heteroatoms. The number of hydrogen-bond acceptors (Lipinski definition) is 3.